The van der Waals surface area contributed by atoms with Gasteiger partial charge in [-0.3, -0.25) is 9.59 Å². The quantitative estimate of drug-likeness (QED) is 0.634. The molecule has 0 saturated carbocycles. The van der Waals surface area contributed by atoms with Crippen molar-refractivity contribution in [3.8, 4) is 0 Å². The van der Waals surface area contributed by atoms with Crippen LogP contribution in [0.15, 0.2) is 29.2 Å². The van der Waals surface area contributed by atoms with Gasteiger partial charge in [0.1, 0.15) is 0 Å². The number of benzene rings is 1. The zero-order valence-corrected chi connectivity index (χ0v) is 14.3. The van der Waals surface area contributed by atoms with Crippen LogP contribution in [-0.4, -0.2) is 49.3 Å². The molecule has 0 bridgehead atoms. The molecule has 1 aromatic carbocycles. The van der Waals surface area contributed by atoms with Gasteiger partial charge < -0.3 is 15.0 Å². The zero-order valence-electron chi connectivity index (χ0n) is 12.7. The molecule has 0 spiro atoms. The number of rotatable bonds is 6. The largest absolute Gasteiger partial charge is 0.466 e. The lowest BCUT2D eigenvalue weighted by atomic mass is 10.2. The summed E-state index contributed by atoms with van der Waals surface area (Å²) in [6.07, 6.45) is 0.901. The molecule has 1 aliphatic rings. The molecule has 7 heteroatoms. The Morgan fingerprint density at radius 3 is 2.82 bits per heavy atom. The summed E-state index contributed by atoms with van der Waals surface area (Å²) in [5.41, 5.74) is 0.808. The molecule has 1 N–H and O–H groups in total. The van der Waals surface area contributed by atoms with E-state index in [2.05, 4.69) is 5.32 Å². The van der Waals surface area contributed by atoms with Crippen LogP contribution in [0.3, 0.4) is 0 Å². The number of esters is 1. The first-order valence-electron chi connectivity index (χ1n) is 6.93. The van der Waals surface area contributed by atoms with Gasteiger partial charge in [-0.15, -0.1) is 24.2 Å². The minimum atomic E-state index is -0.416. The Hall–Kier alpha value is -1.24. The average Bonchev–Trinajstić information content (AvgIpc) is 2.44. The molecule has 122 valence electrons. The van der Waals surface area contributed by atoms with E-state index in [0.29, 0.717) is 6.61 Å². The molecular formula is C15H21ClN2O3S. The van der Waals surface area contributed by atoms with Crippen molar-refractivity contribution in [3.63, 3.8) is 0 Å². The van der Waals surface area contributed by atoms with Gasteiger partial charge in [-0.2, -0.15) is 0 Å². The number of carbonyl (C=O) groups excluding carboxylic acids is 2. The highest BCUT2D eigenvalue weighted by atomic mass is 35.5. The van der Waals surface area contributed by atoms with Gasteiger partial charge in [-0.25, -0.2) is 0 Å². The van der Waals surface area contributed by atoms with Crippen LogP contribution < -0.4 is 5.32 Å². The van der Waals surface area contributed by atoms with Crippen molar-refractivity contribution >= 4 is 41.7 Å². The number of anilines is 1. The molecule has 0 fully saturated rings. The number of hydrogen-bond acceptors (Lipinski definition) is 5. The number of amides is 1. The molecule has 0 aromatic heterocycles. The standard InChI is InChI=1S/C15H20N2O3S.ClH/c1-17(2)8-5-9-20-14(18)10-13-15(19)16-11-6-3-4-7-12(11)21-13;/h3-4,6-7,13H,5,8-10H2,1-2H3,(H,16,19);1H. The molecule has 0 aliphatic carbocycles. The number of thioether (sulfide) groups is 1. The molecule has 0 radical (unpaired) electrons. The van der Waals surface area contributed by atoms with Crippen molar-refractivity contribution < 1.29 is 14.3 Å². The summed E-state index contributed by atoms with van der Waals surface area (Å²) < 4.78 is 5.17. The van der Waals surface area contributed by atoms with Crippen LogP contribution in [0.2, 0.25) is 0 Å². The number of nitrogens with one attached hydrogen (secondary N) is 1. The lowest BCUT2D eigenvalue weighted by molar-refractivity contribution is -0.144. The number of ether oxygens (including phenoxy) is 1. The van der Waals surface area contributed by atoms with Crippen molar-refractivity contribution in [1.29, 1.82) is 0 Å². The van der Waals surface area contributed by atoms with Crippen molar-refractivity contribution in [1.82, 2.24) is 4.90 Å². The third-order valence-corrected chi connectivity index (χ3v) is 4.35. The second kappa shape index (κ2) is 9.02. The Morgan fingerprint density at radius 2 is 2.09 bits per heavy atom. The first kappa shape index (κ1) is 18.8. The second-order valence-corrected chi connectivity index (χ2v) is 6.42. The van der Waals surface area contributed by atoms with Gasteiger partial charge in [0.05, 0.1) is 24.0 Å². The lowest BCUT2D eigenvalue weighted by Crippen LogP contribution is -2.31. The van der Waals surface area contributed by atoms with Crippen LogP contribution in [0.25, 0.3) is 0 Å². The van der Waals surface area contributed by atoms with Gasteiger partial charge in [0.15, 0.2) is 0 Å². The highest BCUT2D eigenvalue weighted by Gasteiger charge is 2.29. The fourth-order valence-electron chi connectivity index (χ4n) is 2.00. The highest BCUT2D eigenvalue weighted by molar-refractivity contribution is 8.01. The summed E-state index contributed by atoms with van der Waals surface area (Å²) in [7, 11) is 3.95. The van der Waals surface area contributed by atoms with E-state index < -0.39 is 5.25 Å². The molecule has 2 rings (SSSR count). The molecule has 5 nitrogen and oxygen atoms in total. The third kappa shape index (κ3) is 5.51. The smallest absolute Gasteiger partial charge is 0.307 e. The van der Waals surface area contributed by atoms with E-state index in [4.69, 9.17) is 4.74 Å². The molecule has 1 amide bonds. The fraction of sp³-hybridized carbons (Fsp3) is 0.467. The van der Waals surface area contributed by atoms with E-state index in [9.17, 15) is 9.59 Å². The maximum atomic E-state index is 12.0. The molecule has 1 atom stereocenters. The number of para-hydroxylation sites is 1. The minimum absolute atomic E-state index is 0. The number of halogens is 1. The normalized spacial score (nSPS) is 16.5. The molecule has 1 aromatic rings. The lowest BCUT2D eigenvalue weighted by Gasteiger charge is -2.23. The molecule has 1 unspecified atom stereocenters. The number of hydrogen-bond donors (Lipinski definition) is 1. The van der Waals surface area contributed by atoms with Gasteiger partial charge in [-0.05, 0) is 32.6 Å². The molecular weight excluding hydrogens is 324 g/mol. The Bertz CT molecular complexity index is 525. The minimum Gasteiger partial charge on any atom is -0.466 e. The number of carbonyl (C=O) groups is 2. The fourth-order valence-corrected chi connectivity index (χ4v) is 3.10. The maximum absolute atomic E-state index is 12.0. The maximum Gasteiger partial charge on any atom is 0.307 e. The predicted molar refractivity (Wildman–Crippen MR) is 90.7 cm³/mol. The Kier molecular flexibility index (Phi) is 7.72. The zero-order chi connectivity index (χ0) is 15.2. The summed E-state index contributed by atoms with van der Waals surface area (Å²) in [6.45, 7) is 1.27. The van der Waals surface area contributed by atoms with Crippen LogP contribution >= 0.6 is 24.2 Å². The van der Waals surface area contributed by atoms with Crippen molar-refractivity contribution in [3.05, 3.63) is 24.3 Å². The van der Waals surface area contributed by atoms with E-state index in [-0.39, 0.29) is 30.7 Å². The molecule has 1 heterocycles. The van der Waals surface area contributed by atoms with Crippen molar-refractivity contribution in [2.45, 2.75) is 23.0 Å². The molecule has 22 heavy (non-hydrogen) atoms. The van der Waals surface area contributed by atoms with Gasteiger partial charge in [0.25, 0.3) is 0 Å². The van der Waals surface area contributed by atoms with Gasteiger partial charge in [0.2, 0.25) is 5.91 Å². The predicted octanol–water partition coefficient (Wildman–Crippen LogP) is 2.41. The van der Waals surface area contributed by atoms with Gasteiger partial charge >= 0.3 is 5.97 Å². The van der Waals surface area contributed by atoms with Gasteiger partial charge in [-0.1, -0.05) is 12.1 Å². The monoisotopic (exact) mass is 344 g/mol. The van der Waals surface area contributed by atoms with Crippen molar-refractivity contribution in [2.75, 3.05) is 32.6 Å². The van der Waals surface area contributed by atoms with Crippen LogP contribution in [0.1, 0.15) is 12.8 Å². The SMILES string of the molecule is CN(C)CCCOC(=O)CC1Sc2ccccc2NC1=O.Cl. The Labute approximate surface area is 141 Å². The van der Waals surface area contributed by atoms with Crippen LogP contribution in [-0.2, 0) is 14.3 Å². The summed E-state index contributed by atoms with van der Waals surface area (Å²) in [6, 6.07) is 7.59. The molecule has 0 saturated heterocycles. The summed E-state index contributed by atoms with van der Waals surface area (Å²) >= 11 is 1.42. The van der Waals surface area contributed by atoms with Gasteiger partial charge in [0, 0.05) is 11.4 Å². The van der Waals surface area contributed by atoms with E-state index in [1.54, 1.807) is 0 Å². The summed E-state index contributed by atoms with van der Waals surface area (Å²) in [4.78, 5) is 26.8. The Morgan fingerprint density at radius 1 is 1.36 bits per heavy atom. The van der Waals surface area contributed by atoms with Crippen LogP contribution in [0.5, 0.6) is 0 Å². The van der Waals surface area contributed by atoms with Crippen LogP contribution in [0.4, 0.5) is 5.69 Å². The Balaban J connectivity index is 0.00000242. The first-order chi connectivity index (χ1) is 10.1. The average molecular weight is 345 g/mol. The highest BCUT2D eigenvalue weighted by Crippen LogP contribution is 2.36. The number of fused-ring (bicyclic) bond motifs is 1. The third-order valence-electron chi connectivity index (χ3n) is 3.07. The second-order valence-electron chi connectivity index (χ2n) is 5.17. The topological polar surface area (TPSA) is 58.6 Å². The van der Waals surface area contributed by atoms with Crippen LogP contribution in [0, 0.1) is 0 Å². The summed E-state index contributed by atoms with van der Waals surface area (Å²) in [5.74, 6) is -0.454. The van der Waals surface area contributed by atoms with Crippen molar-refractivity contribution in [2.24, 2.45) is 0 Å². The van der Waals surface area contributed by atoms with E-state index in [1.165, 1.54) is 11.8 Å². The van der Waals surface area contributed by atoms with E-state index in [0.717, 1.165) is 23.5 Å². The molecule has 1 aliphatic heterocycles. The number of nitrogens with zero attached hydrogens (tertiary/aromatic N) is 1. The van der Waals surface area contributed by atoms with E-state index in [1.807, 2.05) is 43.3 Å². The van der Waals surface area contributed by atoms with E-state index >= 15 is 0 Å². The summed E-state index contributed by atoms with van der Waals surface area (Å²) in [5, 5.41) is 2.41. The first-order valence-corrected chi connectivity index (χ1v) is 7.81.